The van der Waals surface area contributed by atoms with E-state index in [4.69, 9.17) is 4.98 Å². The van der Waals surface area contributed by atoms with Crippen LogP contribution in [0.3, 0.4) is 0 Å². The van der Waals surface area contributed by atoms with Crippen molar-refractivity contribution < 1.29 is 9.18 Å². The Morgan fingerprint density at radius 1 is 1.15 bits per heavy atom. The Bertz CT molecular complexity index is 923. The Balaban J connectivity index is 1.99. The first kappa shape index (κ1) is 18.1. The monoisotopic (exact) mass is 353 g/mol. The molecule has 0 saturated carbocycles. The van der Waals surface area contributed by atoms with Crippen molar-refractivity contribution in [2.45, 2.75) is 40.3 Å². The van der Waals surface area contributed by atoms with E-state index in [1.54, 1.807) is 12.1 Å². The summed E-state index contributed by atoms with van der Waals surface area (Å²) in [6, 6.07) is 14.1. The molecule has 0 aliphatic heterocycles. The second kappa shape index (κ2) is 6.90. The van der Waals surface area contributed by atoms with Crippen molar-refractivity contribution in [2.75, 3.05) is 0 Å². The van der Waals surface area contributed by atoms with Gasteiger partial charge in [-0.15, -0.1) is 0 Å². The number of amides is 1. The predicted molar refractivity (Wildman–Crippen MR) is 101 cm³/mol. The summed E-state index contributed by atoms with van der Waals surface area (Å²) >= 11 is 0. The molecule has 0 aliphatic rings. The zero-order valence-corrected chi connectivity index (χ0v) is 15.6. The maximum Gasteiger partial charge on any atom is 0.225 e. The van der Waals surface area contributed by atoms with E-state index in [9.17, 15) is 9.18 Å². The summed E-state index contributed by atoms with van der Waals surface area (Å²) in [5, 5.41) is 3.05. The highest BCUT2D eigenvalue weighted by atomic mass is 19.1. The van der Waals surface area contributed by atoms with Gasteiger partial charge in [-0.05, 0) is 36.8 Å². The quantitative estimate of drug-likeness (QED) is 0.753. The largest absolute Gasteiger partial charge is 0.346 e. The smallest absolute Gasteiger partial charge is 0.225 e. The van der Waals surface area contributed by atoms with Gasteiger partial charge in [0.2, 0.25) is 5.91 Å². The minimum absolute atomic E-state index is 0.0228. The fourth-order valence-corrected chi connectivity index (χ4v) is 2.84. The van der Waals surface area contributed by atoms with Gasteiger partial charge in [-0.3, -0.25) is 4.79 Å². The Labute approximate surface area is 153 Å². The molecular weight excluding hydrogens is 329 g/mol. The summed E-state index contributed by atoms with van der Waals surface area (Å²) < 4.78 is 15.3. The third kappa shape index (κ3) is 3.77. The van der Waals surface area contributed by atoms with E-state index < -0.39 is 5.41 Å². The van der Waals surface area contributed by atoms with Crippen molar-refractivity contribution in [1.29, 1.82) is 0 Å². The van der Waals surface area contributed by atoms with Gasteiger partial charge in [-0.25, -0.2) is 9.37 Å². The van der Waals surface area contributed by atoms with E-state index in [0.717, 1.165) is 22.4 Å². The van der Waals surface area contributed by atoms with Gasteiger partial charge in [0.05, 0.1) is 17.1 Å². The van der Waals surface area contributed by atoms with Crippen LogP contribution in [-0.4, -0.2) is 15.5 Å². The topological polar surface area (TPSA) is 46.9 Å². The Morgan fingerprint density at radius 3 is 2.46 bits per heavy atom. The zero-order valence-electron chi connectivity index (χ0n) is 15.6. The van der Waals surface area contributed by atoms with Crippen LogP contribution in [0.4, 0.5) is 4.39 Å². The van der Waals surface area contributed by atoms with Crippen LogP contribution in [0.1, 0.15) is 45.1 Å². The lowest BCUT2D eigenvalue weighted by molar-refractivity contribution is -0.129. The predicted octanol–water partition coefficient (Wildman–Crippen LogP) is 4.45. The number of aromatic nitrogens is 2. The van der Waals surface area contributed by atoms with Gasteiger partial charge < -0.3 is 9.88 Å². The standard InChI is InChI=1S/C21H24FN3O/c1-14(23-20(26)21(2,3)4)19-24-17-7-5-6-8-18(17)25(19)13-15-9-11-16(22)12-10-15/h5-12,14H,13H2,1-4H3,(H,23,26). The molecule has 136 valence electrons. The van der Waals surface area contributed by atoms with E-state index >= 15 is 0 Å². The number of nitrogens with zero attached hydrogens (tertiary/aromatic N) is 2. The summed E-state index contributed by atoms with van der Waals surface area (Å²) in [6.45, 7) is 8.15. The SMILES string of the molecule is CC(NC(=O)C(C)(C)C)c1nc2ccccc2n1Cc1ccc(F)cc1. The summed E-state index contributed by atoms with van der Waals surface area (Å²) in [4.78, 5) is 17.1. The summed E-state index contributed by atoms with van der Waals surface area (Å²) in [7, 11) is 0. The van der Waals surface area contributed by atoms with Crippen LogP contribution in [0.25, 0.3) is 11.0 Å². The number of hydrogen-bond acceptors (Lipinski definition) is 2. The van der Waals surface area contributed by atoms with Crippen LogP contribution < -0.4 is 5.32 Å². The highest BCUT2D eigenvalue weighted by Crippen LogP contribution is 2.24. The molecule has 1 heterocycles. The Kier molecular flexibility index (Phi) is 4.81. The van der Waals surface area contributed by atoms with Crippen molar-refractivity contribution in [3.05, 3.63) is 65.7 Å². The van der Waals surface area contributed by atoms with E-state index in [1.807, 2.05) is 52.0 Å². The van der Waals surface area contributed by atoms with E-state index in [0.29, 0.717) is 6.54 Å². The molecule has 1 amide bonds. The number of para-hydroxylation sites is 2. The number of imidazole rings is 1. The number of halogens is 1. The van der Waals surface area contributed by atoms with E-state index in [-0.39, 0.29) is 17.8 Å². The van der Waals surface area contributed by atoms with Crippen molar-refractivity contribution in [3.63, 3.8) is 0 Å². The molecule has 0 fully saturated rings. The van der Waals surface area contributed by atoms with Crippen LogP contribution in [0.2, 0.25) is 0 Å². The molecule has 0 saturated heterocycles. The Hall–Kier alpha value is -2.69. The lowest BCUT2D eigenvalue weighted by Gasteiger charge is -2.22. The first-order valence-corrected chi connectivity index (χ1v) is 8.76. The molecule has 1 unspecified atom stereocenters. The van der Waals surface area contributed by atoms with Gasteiger partial charge in [0, 0.05) is 12.0 Å². The molecule has 1 N–H and O–H groups in total. The van der Waals surface area contributed by atoms with Crippen molar-refractivity contribution in [2.24, 2.45) is 5.41 Å². The molecule has 0 aliphatic carbocycles. The first-order chi connectivity index (χ1) is 12.3. The van der Waals surface area contributed by atoms with Crippen LogP contribution in [0.5, 0.6) is 0 Å². The number of carbonyl (C=O) groups excluding carboxylic acids is 1. The van der Waals surface area contributed by atoms with Crippen LogP contribution in [-0.2, 0) is 11.3 Å². The van der Waals surface area contributed by atoms with E-state index in [2.05, 4.69) is 9.88 Å². The van der Waals surface area contributed by atoms with Crippen LogP contribution in [0, 0.1) is 11.2 Å². The van der Waals surface area contributed by atoms with Gasteiger partial charge in [0.1, 0.15) is 11.6 Å². The average molecular weight is 353 g/mol. The van der Waals surface area contributed by atoms with Gasteiger partial charge in [-0.2, -0.15) is 0 Å². The minimum atomic E-state index is -0.470. The molecule has 5 heteroatoms. The number of benzene rings is 2. The minimum Gasteiger partial charge on any atom is -0.346 e. The zero-order chi connectivity index (χ0) is 18.9. The van der Waals surface area contributed by atoms with E-state index in [1.165, 1.54) is 12.1 Å². The van der Waals surface area contributed by atoms with Crippen molar-refractivity contribution in [3.8, 4) is 0 Å². The fraction of sp³-hybridized carbons (Fsp3) is 0.333. The molecule has 1 aromatic heterocycles. The summed E-state index contributed by atoms with van der Waals surface area (Å²) in [6.07, 6.45) is 0. The van der Waals surface area contributed by atoms with Gasteiger partial charge in [0.15, 0.2) is 0 Å². The second-order valence-corrected chi connectivity index (χ2v) is 7.62. The number of rotatable bonds is 4. The third-order valence-electron chi connectivity index (χ3n) is 4.35. The summed E-state index contributed by atoms with van der Waals surface area (Å²) in [5.74, 6) is 0.508. The molecular formula is C21H24FN3O. The number of nitrogens with one attached hydrogen (secondary N) is 1. The maximum atomic E-state index is 13.2. The van der Waals surface area contributed by atoms with Crippen molar-refractivity contribution in [1.82, 2.24) is 14.9 Å². The average Bonchev–Trinajstić information content (AvgIpc) is 2.95. The maximum absolute atomic E-state index is 13.2. The molecule has 3 aromatic rings. The molecule has 0 radical (unpaired) electrons. The van der Waals surface area contributed by atoms with Crippen molar-refractivity contribution >= 4 is 16.9 Å². The van der Waals surface area contributed by atoms with Crippen LogP contribution in [0.15, 0.2) is 48.5 Å². The lowest BCUT2D eigenvalue weighted by atomic mass is 9.95. The number of hydrogen-bond donors (Lipinski definition) is 1. The molecule has 2 aromatic carbocycles. The van der Waals surface area contributed by atoms with Gasteiger partial charge in [0.25, 0.3) is 0 Å². The molecule has 3 rings (SSSR count). The van der Waals surface area contributed by atoms with Crippen LogP contribution >= 0.6 is 0 Å². The first-order valence-electron chi connectivity index (χ1n) is 8.76. The Morgan fingerprint density at radius 2 is 1.81 bits per heavy atom. The van der Waals surface area contributed by atoms with Gasteiger partial charge in [-0.1, -0.05) is 45.0 Å². The number of fused-ring (bicyclic) bond motifs is 1. The fourth-order valence-electron chi connectivity index (χ4n) is 2.84. The number of carbonyl (C=O) groups is 1. The molecule has 1 atom stereocenters. The molecule has 4 nitrogen and oxygen atoms in total. The highest BCUT2D eigenvalue weighted by Gasteiger charge is 2.25. The molecule has 0 spiro atoms. The summed E-state index contributed by atoms with van der Waals surface area (Å²) in [5.41, 5.74) is 2.37. The second-order valence-electron chi connectivity index (χ2n) is 7.62. The molecule has 26 heavy (non-hydrogen) atoms. The highest BCUT2D eigenvalue weighted by molar-refractivity contribution is 5.82. The normalized spacial score (nSPS) is 13.0. The molecule has 0 bridgehead atoms. The van der Waals surface area contributed by atoms with Gasteiger partial charge >= 0.3 is 0 Å². The third-order valence-corrected chi connectivity index (χ3v) is 4.35. The lowest BCUT2D eigenvalue weighted by Crippen LogP contribution is -2.37.